The minimum atomic E-state index is 0.169. The fourth-order valence-corrected chi connectivity index (χ4v) is 3.77. The maximum Gasteiger partial charge on any atom is 0.225 e. The summed E-state index contributed by atoms with van der Waals surface area (Å²) < 4.78 is 0. The molecule has 1 fully saturated rings. The molecule has 7 nitrogen and oxygen atoms in total. The SMILES string of the molecule is Cc1nc(Nc2ncc(C)s2)cc([C@@H]2CCCN2c2ncccn2)n1. The van der Waals surface area contributed by atoms with Gasteiger partial charge in [0.15, 0.2) is 5.13 Å². The van der Waals surface area contributed by atoms with Crippen LogP contribution in [-0.4, -0.2) is 31.5 Å². The predicted molar refractivity (Wildman–Crippen MR) is 98.3 cm³/mol. The van der Waals surface area contributed by atoms with E-state index in [2.05, 4.69) is 35.1 Å². The molecule has 1 saturated heterocycles. The Hall–Kier alpha value is -2.61. The second-order valence-corrected chi connectivity index (χ2v) is 7.26. The Balaban J connectivity index is 1.63. The molecular weight excluding hydrogens is 334 g/mol. The molecule has 3 aromatic heterocycles. The van der Waals surface area contributed by atoms with Crippen molar-refractivity contribution in [1.82, 2.24) is 24.9 Å². The third-order valence-corrected chi connectivity index (χ3v) is 4.95. The Bertz CT molecular complexity index is 864. The number of nitrogens with zero attached hydrogens (tertiary/aromatic N) is 6. The molecule has 1 aliphatic heterocycles. The van der Waals surface area contributed by atoms with Crippen LogP contribution in [0.4, 0.5) is 16.9 Å². The quantitative estimate of drug-likeness (QED) is 0.769. The van der Waals surface area contributed by atoms with Gasteiger partial charge in [0, 0.05) is 36.1 Å². The first-order valence-electron chi connectivity index (χ1n) is 8.28. The molecule has 0 radical (unpaired) electrons. The molecule has 0 amide bonds. The molecule has 0 unspecified atom stereocenters. The Labute approximate surface area is 150 Å². The van der Waals surface area contributed by atoms with Crippen LogP contribution in [0.15, 0.2) is 30.7 Å². The van der Waals surface area contributed by atoms with E-state index >= 15 is 0 Å². The number of thiazole rings is 1. The highest BCUT2D eigenvalue weighted by Crippen LogP contribution is 2.34. The molecule has 0 aliphatic carbocycles. The summed E-state index contributed by atoms with van der Waals surface area (Å²) >= 11 is 1.61. The molecule has 0 aromatic carbocycles. The summed E-state index contributed by atoms with van der Waals surface area (Å²) in [5.74, 6) is 2.28. The number of anilines is 3. The summed E-state index contributed by atoms with van der Waals surface area (Å²) in [5, 5.41) is 4.13. The minimum absolute atomic E-state index is 0.169. The van der Waals surface area contributed by atoms with E-state index in [9.17, 15) is 0 Å². The third-order valence-electron chi connectivity index (χ3n) is 4.12. The van der Waals surface area contributed by atoms with Crippen molar-refractivity contribution in [2.45, 2.75) is 32.7 Å². The molecule has 1 atom stereocenters. The van der Waals surface area contributed by atoms with Crippen LogP contribution in [-0.2, 0) is 0 Å². The van der Waals surface area contributed by atoms with Crippen molar-refractivity contribution in [1.29, 1.82) is 0 Å². The highest BCUT2D eigenvalue weighted by molar-refractivity contribution is 7.15. The number of rotatable bonds is 4. The van der Waals surface area contributed by atoms with E-state index in [1.807, 2.05) is 32.2 Å². The molecule has 0 bridgehead atoms. The molecule has 1 N–H and O–H groups in total. The summed E-state index contributed by atoms with van der Waals surface area (Å²) in [4.78, 5) is 25.7. The number of aryl methyl sites for hydroxylation is 2. The maximum atomic E-state index is 4.67. The zero-order chi connectivity index (χ0) is 17.2. The van der Waals surface area contributed by atoms with Gasteiger partial charge in [-0.15, -0.1) is 11.3 Å². The van der Waals surface area contributed by atoms with Crippen LogP contribution in [0, 0.1) is 13.8 Å². The topological polar surface area (TPSA) is 79.7 Å². The van der Waals surface area contributed by atoms with Crippen LogP contribution in [0.3, 0.4) is 0 Å². The average Bonchev–Trinajstić information content (AvgIpc) is 3.24. The Morgan fingerprint density at radius 3 is 2.76 bits per heavy atom. The first kappa shape index (κ1) is 15.9. The van der Waals surface area contributed by atoms with Gasteiger partial charge in [-0.1, -0.05) is 0 Å². The smallest absolute Gasteiger partial charge is 0.225 e. The van der Waals surface area contributed by atoms with Gasteiger partial charge in [0.2, 0.25) is 5.95 Å². The van der Waals surface area contributed by atoms with E-state index in [4.69, 9.17) is 0 Å². The van der Waals surface area contributed by atoms with Gasteiger partial charge >= 0.3 is 0 Å². The van der Waals surface area contributed by atoms with E-state index in [0.717, 1.165) is 52.7 Å². The van der Waals surface area contributed by atoms with Crippen molar-refractivity contribution in [2.24, 2.45) is 0 Å². The maximum absolute atomic E-state index is 4.67. The van der Waals surface area contributed by atoms with E-state index in [0.29, 0.717) is 0 Å². The molecule has 25 heavy (non-hydrogen) atoms. The number of aromatic nitrogens is 5. The van der Waals surface area contributed by atoms with Gasteiger partial charge in [-0.25, -0.2) is 24.9 Å². The lowest BCUT2D eigenvalue weighted by Gasteiger charge is -2.24. The largest absolute Gasteiger partial charge is 0.332 e. The van der Waals surface area contributed by atoms with Crippen molar-refractivity contribution in [3.05, 3.63) is 47.1 Å². The molecule has 4 heterocycles. The lowest BCUT2D eigenvalue weighted by Crippen LogP contribution is -2.25. The number of nitrogens with one attached hydrogen (secondary N) is 1. The molecule has 128 valence electrons. The van der Waals surface area contributed by atoms with Gasteiger partial charge < -0.3 is 10.2 Å². The van der Waals surface area contributed by atoms with Gasteiger partial charge in [-0.3, -0.25) is 0 Å². The summed E-state index contributed by atoms with van der Waals surface area (Å²) in [6.45, 7) is 4.89. The first-order valence-corrected chi connectivity index (χ1v) is 9.09. The summed E-state index contributed by atoms with van der Waals surface area (Å²) in [6.07, 6.45) is 7.54. The standard InChI is InChI=1S/C17H19N7S/c1-11-10-20-17(25-11)23-15-9-13(21-12(2)22-15)14-5-3-8-24(14)16-18-6-4-7-19-16/h4,6-7,9-10,14H,3,5,8H2,1-2H3,(H,20,21,22,23)/t14-/m0/s1. The Morgan fingerprint density at radius 1 is 1.16 bits per heavy atom. The first-order chi connectivity index (χ1) is 12.2. The number of hydrogen-bond acceptors (Lipinski definition) is 8. The normalized spacial score (nSPS) is 17.0. The van der Waals surface area contributed by atoms with Crippen molar-refractivity contribution in [3.63, 3.8) is 0 Å². The van der Waals surface area contributed by atoms with Crippen LogP contribution in [0.2, 0.25) is 0 Å². The molecule has 0 spiro atoms. The minimum Gasteiger partial charge on any atom is -0.332 e. The van der Waals surface area contributed by atoms with E-state index in [-0.39, 0.29) is 6.04 Å². The van der Waals surface area contributed by atoms with E-state index < -0.39 is 0 Å². The van der Waals surface area contributed by atoms with Crippen molar-refractivity contribution in [2.75, 3.05) is 16.8 Å². The lowest BCUT2D eigenvalue weighted by molar-refractivity contribution is 0.673. The second kappa shape index (κ2) is 6.72. The zero-order valence-electron chi connectivity index (χ0n) is 14.2. The second-order valence-electron chi connectivity index (χ2n) is 6.03. The fourth-order valence-electron chi connectivity index (χ4n) is 3.10. The zero-order valence-corrected chi connectivity index (χ0v) is 15.0. The van der Waals surface area contributed by atoms with Gasteiger partial charge in [-0.2, -0.15) is 0 Å². The monoisotopic (exact) mass is 353 g/mol. The molecule has 4 rings (SSSR count). The van der Waals surface area contributed by atoms with Crippen LogP contribution < -0.4 is 10.2 Å². The highest BCUT2D eigenvalue weighted by Gasteiger charge is 2.29. The van der Waals surface area contributed by atoms with Crippen LogP contribution in [0.5, 0.6) is 0 Å². The van der Waals surface area contributed by atoms with Gasteiger partial charge in [0.1, 0.15) is 11.6 Å². The highest BCUT2D eigenvalue weighted by atomic mass is 32.1. The molecule has 1 aliphatic rings. The number of hydrogen-bond donors (Lipinski definition) is 1. The van der Waals surface area contributed by atoms with Crippen molar-refractivity contribution >= 4 is 28.2 Å². The Kier molecular flexibility index (Phi) is 4.27. The van der Waals surface area contributed by atoms with Crippen LogP contribution in [0.1, 0.15) is 35.3 Å². The van der Waals surface area contributed by atoms with E-state index in [1.165, 1.54) is 0 Å². The molecule has 3 aromatic rings. The van der Waals surface area contributed by atoms with Crippen LogP contribution >= 0.6 is 11.3 Å². The summed E-state index contributed by atoms with van der Waals surface area (Å²) in [5.41, 5.74) is 0.994. The molecule has 8 heteroatoms. The molecule has 0 saturated carbocycles. The lowest BCUT2D eigenvalue weighted by atomic mass is 10.1. The summed E-state index contributed by atoms with van der Waals surface area (Å²) in [6, 6.07) is 4.01. The van der Waals surface area contributed by atoms with Crippen molar-refractivity contribution in [3.8, 4) is 0 Å². The predicted octanol–water partition coefficient (Wildman–Crippen LogP) is 3.43. The van der Waals surface area contributed by atoms with Crippen molar-refractivity contribution < 1.29 is 0 Å². The average molecular weight is 353 g/mol. The Morgan fingerprint density at radius 2 is 2.00 bits per heavy atom. The van der Waals surface area contributed by atoms with Gasteiger partial charge in [0.25, 0.3) is 0 Å². The third kappa shape index (κ3) is 3.43. The van der Waals surface area contributed by atoms with Gasteiger partial charge in [-0.05, 0) is 32.8 Å². The van der Waals surface area contributed by atoms with Gasteiger partial charge in [0.05, 0.1) is 11.7 Å². The van der Waals surface area contributed by atoms with E-state index in [1.54, 1.807) is 23.7 Å². The van der Waals surface area contributed by atoms with Crippen LogP contribution in [0.25, 0.3) is 0 Å². The molecular formula is C17H19N7S. The summed E-state index contributed by atoms with van der Waals surface area (Å²) in [7, 11) is 0. The fraction of sp³-hybridized carbons (Fsp3) is 0.353.